The van der Waals surface area contributed by atoms with Crippen LogP contribution in [0, 0.1) is 0 Å². The second-order valence-electron chi connectivity index (χ2n) is 4.39. The van der Waals surface area contributed by atoms with E-state index in [1.807, 2.05) is 0 Å². The number of rotatable bonds is 5. The number of aromatic amines is 1. The first kappa shape index (κ1) is 13.4. The van der Waals surface area contributed by atoms with Crippen LogP contribution in [-0.4, -0.2) is 47.5 Å². The van der Waals surface area contributed by atoms with E-state index in [0.29, 0.717) is 31.9 Å². The third-order valence-corrected chi connectivity index (χ3v) is 4.63. The van der Waals surface area contributed by atoms with Gasteiger partial charge in [-0.05, 0) is 12.8 Å². The zero-order valence-corrected chi connectivity index (χ0v) is 11.1. The fraction of sp³-hybridized carbons (Fsp3) is 0.800. The van der Waals surface area contributed by atoms with Gasteiger partial charge in [-0.15, -0.1) is 0 Å². The quantitative estimate of drug-likeness (QED) is 0.793. The van der Waals surface area contributed by atoms with Crippen LogP contribution in [0.25, 0.3) is 0 Å². The topological polar surface area (TPSA) is 91.0 Å². The Hall–Kier alpha value is -0.990. The molecule has 1 aliphatic heterocycles. The van der Waals surface area contributed by atoms with Crippen molar-refractivity contribution in [1.29, 1.82) is 0 Å². The molecule has 0 aliphatic carbocycles. The molecule has 1 fully saturated rings. The molecular formula is C10H19N5O2S. The summed E-state index contributed by atoms with van der Waals surface area (Å²) in [6, 6.07) is 0. The summed E-state index contributed by atoms with van der Waals surface area (Å²) in [4.78, 5) is 3.95. The van der Waals surface area contributed by atoms with Crippen LogP contribution in [0.3, 0.4) is 0 Å². The summed E-state index contributed by atoms with van der Waals surface area (Å²) < 4.78 is 28.2. The summed E-state index contributed by atoms with van der Waals surface area (Å²) in [6.07, 6.45) is 6.06. The van der Waals surface area contributed by atoms with Crippen LogP contribution in [-0.2, 0) is 16.6 Å². The second kappa shape index (κ2) is 6.26. The fourth-order valence-electron chi connectivity index (χ4n) is 2.02. The normalized spacial score (nSPS) is 18.7. The molecule has 1 aliphatic rings. The van der Waals surface area contributed by atoms with Crippen molar-refractivity contribution in [2.45, 2.75) is 32.1 Å². The van der Waals surface area contributed by atoms with Crippen LogP contribution in [0.1, 0.15) is 31.5 Å². The van der Waals surface area contributed by atoms with Gasteiger partial charge in [-0.3, -0.25) is 5.10 Å². The summed E-state index contributed by atoms with van der Waals surface area (Å²) in [5.41, 5.74) is 0. The van der Waals surface area contributed by atoms with Gasteiger partial charge in [-0.2, -0.15) is 17.8 Å². The number of nitrogens with zero attached hydrogens (tertiary/aromatic N) is 3. The molecule has 1 aromatic rings. The summed E-state index contributed by atoms with van der Waals surface area (Å²) >= 11 is 0. The van der Waals surface area contributed by atoms with Gasteiger partial charge in [0.2, 0.25) is 0 Å². The standard InChI is InChI=1S/C10H19N5O2S/c16-18(17,15-7-3-1-2-4-8-15)13-6-5-10-11-9-12-14-10/h9,13H,1-8H2,(H,11,12,14). The van der Waals surface area contributed by atoms with Crippen molar-refractivity contribution >= 4 is 10.2 Å². The molecule has 2 heterocycles. The highest BCUT2D eigenvalue weighted by Gasteiger charge is 2.22. The van der Waals surface area contributed by atoms with Crippen molar-refractivity contribution < 1.29 is 8.42 Å². The molecule has 8 heteroatoms. The predicted molar refractivity (Wildman–Crippen MR) is 67.1 cm³/mol. The van der Waals surface area contributed by atoms with E-state index in [-0.39, 0.29) is 0 Å². The molecule has 102 valence electrons. The molecule has 18 heavy (non-hydrogen) atoms. The number of aromatic nitrogens is 3. The van der Waals surface area contributed by atoms with E-state index in [1.165, 1.54) is 6.33 Å². The lowest BCUT2D eigenvalue weighted by molar-refractivity contribution is 0.415. The van der Waals surface area contributed by atoms with Crippen molar-refractivity contribution in [3.63, 3.8) is 0 Å². The average Bonchev–Trinajstić information content (AvgIpc) is 2.68. The lowest BCUT2D eigenvalue weighted by Crippen LogP contribution is -2.42. The number of hydrogen-bond donors (Lipinski definition) is 2. The van der Waals surface area contributed by atoms with Crippen LogP contribution in [0.15, 0.2) is 6.33 Å². The second-order valence-corrected chi connectivity index (χ2v) is 6.15. The van der Waals surface area contributed by atoms with Crippen molar-refractivity contribution in [2.75, 3.05) is 19.6 Å². The molecular weight excluding hydrogens is 254 g/mol. The highest BCUT2D eigenvalue weighted by molar-refractivity contribution is 7.87. The third kappa shape index (κ3) is 3.76. The maximum absolute atomic E-state index is 12.0. The van der Waals surface area contributed by atoms with Crippen LogP contribution in [0.4, 0.5) is 0 Å². The molecule has 0 saturated carbocycles. The fourth-order valence-corrected chi connectivity index (χ4v) is 3.30. The van der Waals surface area contributed by atoms with Gasteiger partial charge in [-0.1, -0.05) is 12.8 Å². The zero-order chi connectivity index (χ0) is 12.8. The van der Waals surface area contributed by atoms with E-state index in [1.54, 1.807) is 4.31 Å². The van der Waals surface area contributed by atoms with Crippen molar-refractivity contribution in [3.8, 4) is 0 Å². The first-order valence-corrected chi connectivity index (χ1v) is 7.71. The monoisotopic (exact) mass is 273 g/mol. The first-order chi connectivity index (χ1) is 8.68. The Morgan fingerprint density at radius 3 is 2.61 bits per heavy atom. The van der Waals surface area contributed by atoms with E-state index < -0.39 is 10.2 Å². The Morgan fingerprint density at radius 2 is 2.00 bits per heavy atom. The summed E-state index contributed by atoms with van der Waals surface area (Å²) in [5.74, 6) is 0.688. The lowest BCUT2D eigenvalue weighted by Gasteiger charge is -2.19. The Morgan fingerprint density at radius 1 is 1.28 bits per heavy atom. The molecule has 7 nitrogen and oxygen atoms in total. The summed E-state index contributed by atoms with van der Waals surface area (Å²) in [7, 11) is -3.34. The van der Waals surface area contributed by atoms with E-state index in [2.05, 4.69) is 19.9 Å². The Bertz CT molecular complexity index is 437. The van der Waals surface area contributed by atoms with Crippen LogP contribution in [0.5, 0.6) is 0 Å². The maximum atomic E-state index is 12.0. The zero-order valence-electron chi connectivity index (χ0n) is 10.3. The van der Waals surface area contributed by atoms with Gasteiger partial charge in [0.1, 0.15) is 12.2 Å². The van der Waals surface area contributed by atoms with E-state index in [0.717, 1.165) is 25.7 Å². The highest BCUT2D eigenvalue weighted by Crippen LogP contribution is 2.12. The molecule has 1 saturated heterocycles. The molecule has 0 radical (unpaired) electrons. The van der Waals surface area contributed by atoms with Crippen LogP contribution in [0.2, 0.25) is 0 Å². The predicted octanol–water partition coefficient (Wildman–Crippen LogP) is 0.0576. The van der Waals surface area contributed by atoms with E-state index in [4.69, 9.17) is 0 Å². The molecule has 0 bridgehead atoms. The molecule has 0 aromatic carbocycles. The minimum absolute atomic E-state index is 0.341. The van der Waals surface area contributed by atoms with Crippen molar-refractivity contribution in [2.24, 2.45) is 0 Å². The van der Waals surface area contributed by atoms with Gasteiger partial charge in [0.05, 0.1) is 0 Å². The minimum Gasteiger partial charge on any atom is -0.263 e. The number of H-pyrrole nitrogens is 1. The van der Waals surface area contributed by atoms with Gasteiger partial charge >= 0.3 is 0 Å². The van der Waals surface area contributed by atoms with Gasteiger partial charge in [0.15, 0.2) is 0 Å². The average molecular weight is 273 g/mol. The Balaban J connectivity index is 1.82. The van der Waals surface area contributed by atoms with Crippen molar-refractivity contribution in [3.05, 3.63) is 12.2 Å². The number of nitrogens with one attached hydrogen (secondary N) is 2. The molecule has 1 aromatic heterocycles. The Kier molecular flexibility index (Phi) is 4.67. The number of hydrogen-bond acceptors (Lipinski definition) is 4. The van der Waals surface area contributed by atoms with E-state index in [9.17, 15) is 8.42 Å². The smallest absolute Gasteiger partial charge is 0.263 e. The third-order valence-electron chi connectivity index (χ3n) is 3.02. The van der Waals surface area contributed by atoms with Crippen LogP contribution >= 0.6 is 0 Å². The molecule has 2 rings (SSSR count). The molecule has 0 spiro atoms. The largest absolute Gasteiger partial charge is 0.279 e. The first-order valence-electron chi connectivity index (χ1n) is 6.27. The molecule has 0 atom stereocenters. The lowest BCUT2D eigenvalue weighted by atomic mass is 10.2. The van der Waals surface area contributed by atoms with Gasteiger partial charge in [-0.25, -0.2) is 9.71 Å². The minimum atomic E-state index is -3.34. The molecule has 0 unspecified atom stereocenters. The summed E-state index contributed by atoms with van der Waals surface area (Å²) in [6.45, 7) is 1.59. The van der Waals surface area contributed by atoms with Crippen molar-refractivity contribution in [1.82, 2.24) is 24.2 Å². The summed E-state index contributed by atoms with van der Waals surface area (Å²) in [5, 5.41) is 6.42. The molecule has 0 amide bonds. The van der Waals surface area contributed by atoms with Gasteiger partial charge in [0.25, 0.3) is 10.2 Å². The van der Waals surface area contributed by atoms with E-state index >= 15 is 0 Å². The maximum Gasteiger partial charge on any atom is 0.279 e. The van der Waals surface area contributed by atoms with Gasteiger partial charge < -0.3 is 0 Å². The molecule has 2 N–H and O–H groups in total. The van der Waals surface area contributed by atoms with Gasteiger partial charge in [0, 0.05) is 26.1 Å². The highest BCUT2D eigenvalue weighted by atomic mass is 32.2. The Labute approximate surface area is 107 Å². The SMILES string of the molecule is O=S(=O)(NCCc1ncn[nH]1)N1CCCCCC1. The van der Waals surface area contributed by atoms with Crippen LogP contribution < -0.4 is 4.72 Å².